The lowest BCUT2D eigenvalue weighted by molar-refractivity contribution is -0.290. The van der Waals surface area contributed by atoms with Crippen LogP contribution in [0.5, 0.6) is 5.75 Å². The first kappa shape index (κ1) is 19.6. The van der Waals surface area contributed by atoms with E-state index in [4.69, 9.17) is 13.9 Å². The summed E-state index contributed by atoms with van der Waals surface area (Å²) in [7, 11) is 0. The van der Waals surface area contributed by atoms with Crippen LogP contribution in [-0.4, -0.2) is 11.6 Å². The molecule has 3 aliphatic rings. The van der Waals surface area contributed by atoms with Crippen LogP contribution >= 0.6 is 0 Å². The van der Waals surface area contributed by atoms with Crippen LogP contribution in [0.2, 0.25) is 0 Å². The van der Waals surface area contributed by atoms with Gasteiger partial charge in [0.15, 0.2) is 0 Å². The first-order chi connectivity index (χ1) is 14.2. The predicted octanol–water partition coefficient (Wildman–Crippen LogP) is 5.10. The molecule has 158 valence electrons. The number of benzene rings is 1. The molecule has 0 spiro atoms. The fourth-order valence-corrected chi connectivity index (χ4v) is 5.99. The summed E-state index contributed by atoms with van der Waals surface area (Å²) in [6.45, 7) is 10.0. The Hall–Kier alpha value is -2.40. The van der Waals surface area contributed by atoms with Crippen molar-refractivity contribution in [2.75, 3.05) is 0 Å². The van der Waals surface area contributed by atoms with E-state index in [1.54, 1.807) is 12.1 Å². The molecule has 6 atom stereocenters. The summed E-state index contributed by atoms with van der Waals surface area (Å²) in [6, 6.07) is 5.59. The van der Waals surface area contributed by atoms with E-state index in [1.165, 1.54) is 0 Å². The zero-order chi connectivity index (χ0) is 21.4. The molecule has 1 saturated carbocycles. The lowest BCUT2D eigenvalue weighted by Gasteiger charge is -2.53. The number of aryl methyl sites for hydroxylation is 1. The highest BCUT2D eigenvalue weighted by Crippen LogP contribution is 2.61. The van der Waals surface area contributed by atoms with Crippen molar-refractivity contribution in [3.63, 3.8) is 0 Å². The minimum Gasteiger partial charge on any atom is -0.453 e. The number of fused-ring (bicyclic) bond motifs is 8. The monoisotopic (exact) mass is 408 g/mol. The van der Waals surface area contributed by atoms with Crippen LogP contribution in [0.1, 0.15) is 57.8 Å². The Labute approximate surface area is 176 Å². The minimum absolute atomic E-state index is 0.119. The summed E-state index contributed by atoms with van der Waals surface area (Å²) in [6.07, 6.45) is 3.17. The standard InChI is InChI=1S/C25H28O5/c1-12(2)11-18(26)25-15(5)16-10-9-14(4)19(16)22(29-25)21-23(30-25)20-13(3)7-6-8-17(20)28-24(21)27/h6-8,11,14-16,19,22H,9-10H2,1-5H3. The zero-order valence-electron chi connectivity index (χ0n) is 18.2. The van der Waals surface area contributed by atoms with Gasteiger partial charge < -0.3 is 13.9 Å². The summed E-state index contributed by atoms with van der Waals surface area (Å²) in [5, 5.41) is 0.756. The Kier molecular flexibility index (Phi) is 4.27. The van der Waals surface area contributed by atoms with Crippen molar-refractivity contribution in [3.05, 3.63) is 51.4 Å². The molecule has 2 aromatic rings. The van der Waals surface area contributed by atoms with Gasteiger partial charge in [-0.2, -0.15) is 0 Å². The third kappa shape index (κ3) is 2.51. The molecule has 3 heterocycles. The Balaban J connectivity index is 1.83. The van der Waals surface area contributed by atoms with E-state index in [2.05, 4.69) is 13.8 Å². The van der Waals surface area contributed by atoms with E-state index in [-0.39, 0.29) is 23.5 Å². The van der Waals surface area contributed by atoms with Crippen molar-refractivity contribution in [2.45, 2.75) is 59.4 Å². The second kappa shape index (κ2) is 6.55. The predicted molar refractivity (Wildman–Crippen MR) is 113 cm³/mol. The number of ketones is 1. The fourth-order valence-electron chi connectivity index (χ4n) is 5.99. The van der Waals surface area contributed by atoms with Crippen LogP contribution in [0.3, 0.4) is 0 Å². The number of ether oxygens (including phenoxy) is 2. The molecule has 2 bridgehead atoms. The summed E-state index contributed by atoms with van der Waals surface area (Å²) in [5.74, 6) is -0.422. The fraction of sp³-hybridized carbons (Fsp3) is 0.520. The van der Waals surface area contributed by atoms with Gasteiger partial charge in [-0.15, -0.1) is 0 Å². The SMILES string of the molecule is CC(C)=CC(=O)C12Oc3c(c(=O)oc4cccc(C)c34)C(O1)C1C(C)CCC1C2C. The number of carbonyl (C=O) groups excluding carboxylic acids is 1. The van der Waals surface area contributed by atoms with Gasteiger partial charge in [0.1, 0.15) is 23.0 Å². The van der Waals surface area contributed by atoms with E-state index in [0.717, 1.165) is 29.4 Å². The molecule has 2 fully saturated rings. The van der Waals surface area contributed by atoms with Gasteiger partial charge in [-0.3, -0.25) is 4.79 Å². The maximum absolute atomic E-state index is 13.5. The van der Waals surface area contributed by atoms with Crippen molar-refractivity contribution >= 4 is 16.8 Å². The molecule has 5 nitrogen and oxygen atoms in total. The largest absolute Gasteiger partial charge is 0.453 e. The number of allylic oxidation sites excluding steroid dienone is 1. The Bertz CT molecular complexity index is 1140. The maximum atomic E-state index is 13.5. The number of hydrogen-bond donors (Lipinski definition) is 0. The number of hydrogen-bond acceptors (Lipinski definition) is 5. The zero-order valence-corrected chi connectivity index (χ0v) is 18.2. The van der Waals surface area contributed by atoms with Gasteiger partial charge >= 0.3 is 5.63 Å². The van der Waals surface area contributed by atoms with Gasteiger partial charge in [-0.1, -0.05) is 38.0 Å². The second-order valence-corrected chi connectivity index (χ2v) is 9.56. The summed E-state index contributed by atoms with van der Waals surface area (Å²) in [4.78, 5) is 26.6. The van der Waals surface area contributed by atoms with Crippen molar-refractivity contribution in [1.82, 2.24) is 0 Å². The average Bonchev–Trinajstić information content (AvgIpc) is 3.07. The summed E-state index contributed by atoms with van der Waals surface area (Å²) < 4.78 is 18.7. The molecule has 0 amide bonds. The quantitative estimate of drug-likeness (QED) is 0.511. The molecule has 0 radical (unpaired) electrons. The van der Waals surface area contributed by atoms with Crippen LogP contribution < -0.4 is 10.4 Å². The Morgan fingerprint density at radius 3 is 2.70 bits per heavy atom. The van der Waals surface area contributed by atoms with Crippen molar-refractivity contribution in [1.29, 1.82) is 0 Å². The average molecular weight is 408 g/mol. The Morgan fingerprint density at radius 2 is 1.97 bits per heavy atom. The van der Waals surface area contributed by atoms with E-state index < -0.39 is 17.5 Å². The highest BCUT2D eigenvalue weighted by atomic mass is 16.7. The molecule has 1 aromatic carbocycles. The smallest absolute Gasteiger partial charge is 0.345 e. The lowest BCUT2D eigenvalue weighted by atomic mass is 9.69. The Morgan fingerprint density at radius 1 is 1.20 bits per heavy atom. The van der Waals surface area contributed by atoms with Crippen molar-refractivity contribution < 1.29 is 18.7 Å². The molecule has 0 N–H and O–H groups in total. The van der Waals surface area contributed by atoms with Crippen LogP contribution in [0, 0.1) is 30.6 Å². The number of carbonyl (C=O) groups is 1. The normalized spacial score (nSPS) is 34.1. The van der Waals surface area contributed by atoms with Crippen LogP contribution in [0.4, 0.5) is 0 Å². The first-order valence-electron chi connectivity index (χ1n) is 10.9. The van der Waals surface area contributed by atoms with Crippen molar-refractivity contribution in [3.8, 4) is 5.75 Å². The van der Waals surface area contributed by atoms with E-state index in [9.17, 15) is 9.59 Å². The van der Waals surface area contributed by atoms with Crippen LogP contribution in [0.15, 0.2) is 39.1 Å². The summed E-state index contributed by atoms with van der Waals surface area (Å²) >= 11 is 0. The molecule has 1 saturated heterocycles. The van der Waals surface area contributed by atoms with Crippen LogP contribution in [0.25, 0.3) is 11.0 Å². The van der Waals surface area contributed by atoms with Gasteiger partial charge in [0.25, 0.3) is 5.79 Å². The van der Waals surface area contributed by atoms with Crippen molar-refractivity contribution in [2.24, 2.45) is 23.7 Å². The molecule has 5 heteroatoms. The third-order valence-corrected chi connectivity index (χ3v) is 7.43. The van der Waals surface area contributed by atoms with E-state index in [1.807, 2.05) is 32.9 Å². The molecular weight excluding hydrogens is 380 g/mol. The molecule has 2 aliphatic heterocycles. The molecule has 30 heavy (non-hydrogen) atoms. The second-order valence-electron chi connectivity index (χ2n) is 9.56. The van der Waals surface area contributed by atoms with E-state index >= 15 is 0 Å². The molecule has 5 rings (SSSR count). The van der Waals surface area contributed by atoms with E-state index in [0.29, 0.717) is 22.8 Å². The lowest BCUT2D eigenvalue weighted by Crippen LogP contribution is -2.62. The molecule has 1 aliphatic carbocycles. The van der Waals surface area contributed by atoms with Gasteiger partial charge in [0.2, 0.25) is 5.78 Å². The van der Waals surface area contributed by atoms with Gasteiger partial charge in [0.05, 0.1) is 5.39 Å². The van der Waals surface area contributed by atoms with Gasteiger partial charge in [-0.25, -0.2) is 4.79 Å². The number of rotatable bonds is 2. The van der Waals surface area contributed by atoms with Gasteiger partial charge in [0, 0.05) is 5.92 Å². The first-order valence-corrected chi connectivity index (χ1v) is 10.9. The molecule has 1 aromatic heterocycles. The van der Waals surface area contributed by atoms with Crippen LogP contribution in [-0.2, 0) is 9.53 Å². The minimum atomic E-state index is -1.41. The maximum Gasteiger partial charge on any atom is 0.345 e. The molecule has 6 unspecified atom stereocenters. The molecular formula is C25H28O5. The highest BCUT2D eigenvalue weighted by molar-refractivity contribution is 5.98. The highest BCUT2D eigenvalue weighted by Gasteiger charge is 2.64. The summed E-state index contributed by atoms with van der Waals surface area (Å²) in [5.41, 5.74) is 2.33. The topological polar surface area (TPSA) is 65.7 Å². The third-order valence-electron chi connectivity index (χ3n) is 7.43. The van der Waals surface area contributed by atoms with Gasteiger partial charge in [-0.05, 0) is 62.7 Å².